The molecule has 0 bridgehead atoms. The molecule has 26 heavy (non-hydrogen) atoms. The van der Waals surface area contributed by atoms with E-state index in [4.69, 9.17) is 11.6 Å². The average molecular weight is 389 g/mol. The molecule has 8 heteroatoms. The van der Waals surface area contributed by atoms with Gasteiger partial charge >= 0.3 is 0 Å². The molecule has 6 nitrogen and oxygen atoms in total. The van der Waals surface area contributed by atoms with Crippen molar-refractivity contribution in [2.24, 2.45) is 0 Å². The highest BCUT2D eigenvalue weighted by molar-refractivity contribution is 7.92. The predicted molar refractivity (Wildman–Crippen MR) is 99.8 cm³/mol. The highest BCUT2D eigenvalue weighted by Crippen LogP contribution is 2.30. The van der Waals surface area contributed by atoms with Gasteiger partial charge in [-0.1, -0.05) is 29.8 Å². The van der Waals surface area contributed by atoms with Gasteiger partial charge in [-0.15, -0.1) is 10.2 Å². The van der Waals surface area contributed by atoms with Crippen molar-refractivity contribution in [3.63, 3.8) is 0 Å². The Morgan fingerprint density at radius 2 is 2.00 bits per heavy atom. The lowest BCUT2D eigenvalue weighted by molar-refractivity contribution is 0.456. The molecular weight excluding hydrogens is 372 g/mol. The lowest BCUT2D eigenvalue weighted by Gasteiger charge is -2.23. The van der Waals surface area contributed by atoms with Gasteiger partial charge in [0, 0.05) is 29.6 Å². The number of nitrogens with one attached hydrogen (secondary N) is 1. The Morgan fingerprint density at radius 3 is 2.85 bits per heavy atom. The van der Waals surface area contributed by atoms with Crippen LogP contribution in [0.3, 0.4) is 0 Å². The minimum atomic E-state index is -3.68. The van der Waals surface area contributed by atoms with E-state index < -0.39 is 10.0 Å². The fraction of sp³-hybridized carbons (Fsp3) is 0.222. The first-order valence-corrected chi connectivity index (χ1v) is 10.1. The van der Waals surface area contributed by atoms with Gasteiger partial charge in [-0.25, -0.2) is 8.42 Å². The molecule has 0 spiro atoms. The van der Waals surface area contributed by atoms with Gasteiger partial charge < -0.3 is 4.57 Å². The Balaban J connectivity index is 1.57. The summed E-state index contributed by atoms with van der Waals surface area (Å²) in [6.45, 7) is 0.798. The number of hydrogen-bond acceptors (Lipinski definition) is 4. The molecule has 0 unspecified atom stereocenters. The summed E-state index contributed by atoms with van der Waals surface area (Å²) in [5.41, 5.74) is 1.63. The van der Waals surface area contributed by atoms with Gasteiger partial charge in [0.15, 0.2) is 0 Å². The molecule has 2 heterocycles. The molecule has 3 aromatic rings. The molecular formula is C18H17ClN4O2S. The van der Waals surface area contributed by atoms with Crippen LogP contribution in [0.15, 0.2) is 59.8 Å². The van der Waals surface area contributed by atoms with Crippen LogP contribution in [-0.2, 0) is 23.0 Å². The molecule has 0 aliphatic carbocycles. The SMILES string of the molecule is O=S(=O)(Nc1cccc([C@H]2CCc3nncn3C2)c1)c1cccc(Cl)c1. The zero-order valence-electron chi connectivity index (χ0n) is 13.8. The Bertz CT molecular complexity index is 1050. The van der Waals surface area contributed by atoms with Gasteiger partial charge in [0.1, 0.15) is 12.2 Å². The summed E-state index contributed by atoms with van der Waals surface area (Å²) in [6, 6.07) is 13.7. The molecule has 1 N–H and O–H groups in total. The minimum absolute atomic E-state index is 0.141. The van der Waals surface area contributed by atoms with Crippen molar-refractivity contribution in [1.82, 2.24) is 14.8 Å². The van der Waals surface area contributed by atoms with E-state index in [9.17, 15) is 8.42 Å². The third kappa shape index (κ3) is 3.45. The molecule has 1 aromatic heterocycles. The van der Waals surface area contributed by atoms with Crippen LogP contribution in [0.25, 0.3) is 0 Å². The van der Waals surface area contributed by atoms with E-state index in [1.54, 1.807) is 24.5 Å². The van der Waals surface area contributed by atoms with Crippen molar-refractivity contribution in [3.05, 3.63) is 71.3 Å². The van der Waals surface area contributed by atoms with E-state index in [1.807, 2.05) is 18.2 Å². The topological polar surface area (TPSA) is 76.9 Å². The molecule has 0 saturated heterocycles. The highest BCUT2D eigenvalue weighted by atomic mass is 35.5. The van der Waals surface area contributed by atoms with Crippen LogP contribution in [0.1, 0.15) is 23.7 Å². The maximum absolute atomic E-state index is 12.6. The van der Waals surface area contributed by atoms with Crippen molar-refractivity contribution in [3.8, 4) is 0 Å². The fourth-order valence-corrected chi connectivity index (χ4v) is 4.58. The van der Waals surface area contributed by atoms with Gasteiger partial charge in [0.05, 0.1) is 4.90 Å². The van der Waals surface area contributed by atoms with Gasteiger partial charge in [-0.2, -0.15) is 0 Å². The Hall–Kier alpha value is -2.38. The smallest absolute Gasteiger partial charge is 0.261 e. The van der Waals surface area contributed by atoms with Gasteiger partial charge in [0.2, 0.25) is 0 Å². The van der Waals surface area contributed by atoms with Gasteiger partial charge in [-0.05, 0) is 42.3 Å². The number of nitrogens with zero attached hydrogens (tertiary/aromatic N) is 3. The van der Waals surface area contributed by atoms with Crippen molar-refractivity contribution in [2.45, 2.75) is 30.2 Å². The molecule has 1 aliphatic heterocycles. The second-order valence-corrected chi connectivity index (χ2v) is 8.44. The number of rotatable bonds is 4. The number of benzene rings is 2. The van der Waals surface area contributed by atoms with Crippen LogP contribution in [-0.4, -0.2) is 23.2 Å². The van der Waals surface area contributed by atoms with Gasteiger partial charge in [0.25, 0.3) is 10.0 Å². The van der Waals surface area contributed by atoms with Crippen LogP contribution >= 0.6 is 11.6 Å². The van der Waals surface area contributed by atoms with Crippen molar-refractivity contribution >= 4 is 27.3 Å². The van der Waals surface area contributed by atoms with Crippen LogP contribution in [0.4, 0.5) is 5.69 Å². The summed E-state index contributed by atoms with van der Waals surface area (Å²) in [5, 5.41) is 8.43. The number of hydrogen-bond donors (Lipinski definition) is 1. The van der Waals surface area contributed by atoms with Crippen molar-refractivity contribution in [2.75, 3.05) is 4.72 Å². The Kier molecular flexibility index (Phi) is 4.42. The van der Waals surface area contributed by atoms with E-state index >= 15 is 0 Å². The zero-order chi connectivity index (χ0) is 18.1. The highest BCUT2D eigenvalue weighted by Gasteiger charge is 2.22. The van der Waals surface area contributed by atoms with E-state index in [2.05, 4.69) is 19.5 Å². The lowest BCUT2D eigenvalue weighted by Crippen LogP contribution is -2.19. The lowest BCUT2D eigenvalue weighted by atomic mass is 9.91. The quantitative estimate of drug-likeness (QED) is 0.742. The zero-order valence-corrected chi connectivity index (χ0v) is 15.4. The summed E-state index contributed by atoms with van der Waals surface area (Å²) in [5.74, 6) is 1.30. The molecule has 2 aromatic carbocycles. The number of aryl methyl sites for hydroxylation is 1. The van der Waals surface area contributed by atoms with E-state index in [0.717, 1.165) is 30.8 Å². The predicted octanol–water partition coefficient (Wildman–Crippen LogP) is 3.46. The summed E-state index contributed by atoms with van der Waals surface area (Å²) in [6.07, 6.45) is 3.57. The first-order chi connectivity index (χ1) is 12.5. The first-order valence-electron chi connectivity index (χ1n) is 8.26. The van der Waals surface area contributed by atoms with E-state index in [-0.39, 0.29) is 4.90 Å². The maximum atomic E-state index is 12.6. The molecule has 134 valence electrons. The third-order valence-electron chi connectivity index (χ3n) is 4.55. The molecule has 0 saturated carbocycles. The maximum Gasteiger partial charge on any atom is 0.261 e. The number of fused-ring (bicyclic) bond motifs is 1. The number of halogens is 1. The number of anilines is 1. The molecule has 0 fully saturated rings. The summed E-state index contributed by atoms with van der Waals surface area (Å²) >= 11 is 5.91. The first kappa shape index (κ1) is 17.1. The van der Waals surface area contributed by atoms with Crippen LogP contribution in [0.5, 0.6) is 0 Å². The molecule has 0 radical (unpaired) electrons. The Morgan fingerprint density at radius 1 is 1.15 bits per heavy atom. The van der Waals surface area contributed by atoms with Crippen molar-refractivity contribution < 1.29 is 8.42 Å². The van der Waals surface area contributed by atoms with Crippen molar-refractivity contribution in [1.29, 1.82) is 0 Å². The molecule has 0 amide bonds. The number of sulfonamides is 1. The largest absolute Gasteiger partial charge is 0.317 e. The van der Waals surface area contributed by atoms with Crippen LogP contribution in [0, 0.1) is 0 Å². The van der Waals surface area contributed by atoms with E-state index in [0.29, 0.717) is 16.6 Å². The summed E-state index contributed by atoms with van der Waals surface area (Å²) in [7, 11) is -3.68. The van der Waals surface area contributed by atoms with Crippen LogP contribution in [0.2, 0.25) is 5.02 Å². The molecule has 1 atom stereocenters. The standard InChI is InChI=1S/C18H17ClN4O2S/c19-15-4-2-6-17(10-15)26(24,25)22-16-5-1-3-13(9-16)14-7-8-18-21-20-12-23(18)11-14/h1-6,9-10,12,14,22H,7-8,11H2/t14-/m0/s1. The van der Waals surface area contributed by atoms with Crippen LogP contribution < -0.4 is 4.72 Å². The number of aromatic nitrogens is 3. The normalized spacial score (nSPS) is 16.9. The molecule has 4 rings (SSSR count). The summed E-state index contributed by atoms with van der Waals surface area (Å²) in [4.78, 5) is 0.141. The van der Waals surface area contributed by atoms with Gasteiger partial charge in [-0.3, -0.25) is 4.72 Å². The van der Waals surface area contributed by atoms with E-state index in [1.165, 1.54) is 12.1 Å². The second-order valence-electron chi connectivity index (χ2n) is 6.32. The fourth-order valence-electron chi connectivity index (χ4n) is 3.23. The summed E-state index contributed by atoms with van der Waals surface area (Å²) < 4.78 is 29.8. The second kappa shape index (κ2) is 6.74. The minimum Gasteiger partial charge on any atom is -0.317 e. The third-order valence-corrected chi connectivity index (χ3v) is 6.16. The monoisotopic (exact) mass is 388 g/mol. The Labute approximate surface area is 156 Å². The molecule has 1 aliphatic rings. The average Bonchev–Trinajstić information content (AvgIpc) is 3.09.